The average molecular weight is 275 g/mol. The van der Waals surface area contributed by atoms with Crippen LogP contribution < -0.4 is 5.73 Å². The van der Waals surface area contributed by atoms with Crippen molar-refractivity contribution in [1.29, 1.82) is 5.26 Å². The lowest BCUT2D eigenvalue weighted by molar-refractivity contribution is 0.0695. The van der Waals surface area contributed by atoms with Crippen LogP contribution >= 0.6 is 0 Å². The highest BCUT2D eigenvalue weighted by molar-refractivity contribution is 5.95. The van der Waals surface area contributed by atoms with Crippen molar-refractivity contribution < 1.29 is 9.90 Å². The topological polar surface area (TPSA) is 90.4 Å². The lowest BCUT2D eigenvalue weighted by Crippen LogP contribution is -2.29. The van der Waals surface area contributed by atoms with Crippen molar-refractivity contribution >= 4 is 11.7 Å². The summed E-state index contributed by atoms with van der Waals surface area (Å²) in [5, 5.41) is 18.0. The molecule has 0 saturated carbocycles. The number of nitrogen functional groups attached to an aromatic ring is 1. The van der Waals surface area contributed by atoms with Crippen LogP contribution in [-0.2, 0) is 6.54 Å². The minimum atomic E-state index is -1.01. The molecule has 3 N–H and O–H groups in total. The van der Waals surface area contributed by atoms with E-state index in [0.29, 0.717) is 31.0 Å². The van der Waals surface area contributed by atoms with Gasteiger partial charge in [0.25, 0.3) is 0 Å². The molecule has 1 rings (SSSR count). The van der Waals surface area contributed by atoms with Gasteiger partial charge in [-0.1, -0.05) is 26.0 Å². The third kappa shape index (κ3) is 4.56. The maximum atomic E-state index is 11.3. The van der Waals surface area contributed by atoms with Crippen LogP contribution in [0.5, 0.6) is 0 Å². The number of nitriles is 1. The summed E-state index contributed by atoms with van der Waals surface area (Å²) in [4.78, 5) is 13.4. The normalized spacial score (nSPS) is 10.8. The highest BCUT2D eigenvalue weighted by Crippen LogP contribution is 2.19. The van der Waals surface area contributed by atoms with E-state index in [1.807, 2.05) is 0 Å². The van der Waals surface area contributed by atoms with Crippen LogP contribution in [0.4, 0.5) is 5.69 Å². The van der Waals surface area contributed by atoms with Gasteiger partial charge < -0.3 is 10.8 Å². The fraction of sp³-hybridized carbons (Fsp3) is 0.467. The smallest absolute Gasteiger partial charge is 0.338 e. The summed E-state index contributed by atoms with van der Waals surface area (Å²) in [6, 6.07) is 7.25. The van der Waals surface area contributed by atoms with E-state index < -0.39 is 5.97 Å². The Hall–Kier alpha value is -2.06. The van der Waals surface area contributed by atoms with Crippen LogP contribution in [0, 0.1) is 17.2 Å². The Balaban J connectivity index is 2.95. The Morgan fingerprint density at radius 1 is 1.50 bits per heavy atom. The third-order valence-electron chi connectivity index (χ3n) is 2.95. The second-order valence-electron chi connectivity index (χ2n) is 5.22. The van der Waals surface area contributed by atoms with Crippen LogP contribution in [0.3, 0.4) is 0 Å². The van der Waals surface area contributed by atoms with Crippen LogP contribution in [0.25, 0.3) is 0 Å². The number of carbonyl (C=O) groups is 1. The van der Waals surface area contributed by atoms with Crippen molar-refractivity contribution in [2.45, 2.75) is 26.8 Å². The number of carboxylic acids is 1. The molecule has 0 aliphatic carbocycles. The molecule has 0 aromatic heterocycles. The highest BCUT2D eigenvalue weighted by Gasteiger charge is 2.16. The summed E-state index contributed by atoms with van der Waals surface area (Å²) in [6.45, 7) is 6.12. The van der Waals surface area contributed by atoms with Gasteiger partial charge in [-0.05, 0) is 17.5 Å². The molecule has 1 aromatic carbocycles. The number of nitrogens with two attached hydrogens (primary N) is 1. The molecular weight excluding hydrogens is 254 g/mol. The zero-order chi connectivity index (χ0) is 15.1. The molecular formula is C15H21N3O2. The van der Waals surface area contributed by atoms with Gasteiger partial charge >= 0.3 is 5.97 Å². The van der Waals surface area contributed by atoms with Gasteiger partial charge in [0.1, 0.15) is 0 Å². The maximum absolute atomic E-state index is 11.3. The van der Waals surface area contributed by atoms with Gasteiger partial charge in [0.05, 0.1) is 11.6 Å². The molecule has 0 aliphatic heterocycles. The van der Waals surface area contributed by atoms with Crippen molar-refractivity contribution in [3.05, 3.63) is 29.3 Å². The molecule has 5 heteroatoms. The zero-order valence-electron chi connectivity index (χ0n) is 12.0. The van der Waals surface area contributed by atoms with E-state index in [2.05, 4.69) is 24.8 Å². The number of nitrogens with zero attached hydrogens (tertiary/aromatic N) is 2. The lowest BCUT2D eigenvalue weighted by Gasteiger charge is -2.24. The first-order chi connectivity index (χ1) is 9.45. The summed E-state index contributed by atoms with van der Waals surface area (Å²) < 4.78 is 0. The molecule has 0 fully saturated rings. The Kier molecular flexibility index (Phi) is 6.01. The summed E-state index contributed by atoms with van der Waals surface area (Å²) in [5.41, 5.74) is 6.88. The maximum Gasteiger partial charge on any atom is 0.338 e. The first kappa shape index (κ1) is 16.0. The largest absolute Gasteiger partial charge is 0.478 e. The molecule has 0 saturated heterocycles. The third-order valence-corrected chi connectivity index (χ3v) is 2.95. The summed E-state index contributed by atoms with van der Waals surface area (Å²) in [5.74, 6) is -0.564. The van der Waals surface area contributed by atoms with E-state index in [1.54, 1.807) is 18.2 Å². The fourth-order valence-corrected chi connectivity index (χ4v) is 2.21. The predicted molar refractivity (Wildman–Crippen MR) is 78.2 cm³/mol. The minimum absolute atomic E-state index is 0.165. The number of benzene rings is 1. The molecule has 1 aromatic rings. The molecule has 108 valence electrons. The van der Waals surface area contributed by atoms with Gasteiger partial charge in [-0.25, -0.2) is 4.79 Å². The van der Waals surface area contributed by atoms with E-state index in [-0.39, 0.29) is 11.3 Å². The average Bonchev–Trinajstić information content (AvgIpc) is 2.34. The van der Waals surface area contributed by atoms with Crippen molar-refractivity contribution in [2.24, 2.45) is 5.92 Å². The molecule has 0 radical (unpaired) electrons. The lowest BCUT2D eigenvalue weighted by atomic mass is 10.0. The van der Waals surface area contributed by atoms with Gasteiger partial charge in [-0.3, -0.25) is 4.90 Å². The number of hydrogen-bond acceptors (Lipinski definition) is 4. The summed E-state index contributed by atoms with van der Waals surface area (Å²) in [6.07, 6.45) is 0.428. The molecule has 0 bridgehead atoms. The Bertz CT molecular complexity index is 506. The summed E-state index contributed by atoms with van der Waals surface area (Å²) >= 11 is 0. The van der Waals surface area contributed by atoms with Crippen molar-refractivity contribution in [3.8, 4) is 6.07 Å². The Morgan fingerprint density at radius 3 is 2.75 bits per heavy atom. The standard InChI is InChI=1S/C15H21N3O2/c1-11(2)9-18(8-4-7-16)10-12-5-3-6-13(17)14(12)15(19)20/h3,5-6,11H,4,8-10,17H2,1-2H3,(H,19,20). The zero-order valence-corrected chi connectivity index (χ0v) is 12.0. The van der Waals surface area contributed by atoms with Crippen LogP contribution in [0.15, 0.2) is 18.2 Å². The number of carboxylic acid groups (broad SMARTS) is 1. The minimum Gasteiger partial charge on any atom is -0.478 e. The number of hydrogen-bond donors (Lipinski definition) is 2. The highest BCUT2D eigenvalue weighted by atomic mass is 16.4. The second-order valence-corrected chi connectivity index (χ2v) is 5.22. The first-order valence-electron chi connectivity index (χ1n) is 6.65. The fourth-order valence-electron chi connectivity index (χ4n) is 2.21. The van der Waals surface area contributed by atoms with E-state index in [0.717, 1.165) is 6.54 Å². The van der Waals surface area contributed by atoms with Crippen LogP contribution in [0.2, 0.25) is 0 Å². The molecule has 0 atom stereocenters. The van der Waals surface area contributed by atoms with Crippen LogP contribution in [-0.4, -0.2) is 29.1 Å². The SMILES string of the molecule is CC(C)CN(CCC#N)Cc1cccc(N)c1C(=O)O. The summed E-state index contributed by atoms with van der Waals surface area (Å²) in [7, 11) is 0. The van der Waals surface area contributed by atoms with E-state index in [4.69, 9.17) is 11.0 Å². The van der Waals surface area contributed by atoms with Crippen molar-refractivity contribution in [2.75, 3.05) is 18.8 Å². The van der Waals surface area contributed by atoms with Gasteiger partial charge in [0.2, 0.25) is 0 Å². The van der Waals surface area contributed by atoms with E-state index >= 15 is 0 Å². The van der Waals surface area contributed by atoms with Gasteiger partial charge in [-0.15, -0.1) is 0 Å². The Labute approximate surface area is 119 Å². The second kappa shape index (κ2) is 7.51. The Morgan fingerprint density at radius 2 is 2.20 bits per heavy atom. The first-order valence-corrected chi connectivity index (χ1v) is 6.65. The number of aromatic carboxylic acids is 1. The molecule has 0 spiro atoms. The number of rotatable bonds is 7. The monoisotopic (exact) mass is 275 g/mol. The van der Waals surface area contributed by atoms with Crippen molar-refractivity contribution in [1.82, 2.24) is 4.90 Å². The molecule has 20 heavy (non-hydrogen) atoms. The quantitative estimate of drug-likeness (QED) is 0.745. The molecule has 5 nitrogen and oxygen atoms in total. The van der Waals surface area contributed by atoms with Gasteiger partial charge in [-0.2, -0.15) is 5.26 Å². The molecule has 0 unspecified atom stereocenters. The molecule has 0 aliphatic rings. The number of anilines is 1. The van der Waals surface area contributed by atoms with Gasteiger partial charge in [0, 0.05) is 31.7 Å². The molecule has 0 heterocycles. The molecule has 0 amide bonds. The van der Waals surface area contributed by atoms with E-state index in [9.17, 15) is 9.90 Å². The van der Waals surface area contributed by atoms with E-state index in [1.165, 1.54) is 0 Å². The predicted octanol–water partition coefficient (Wildman–Crippen LogP) is 2.34. The van der Waals surface area contributed by atoms with Crippen molar-refractivity contribution in [3.63, 3.8) is 0 Å². The van der Waals surface area contributed by atoms with Gasteiger partial charge in [0.15, 0.2) is 0 Å². The van der Waals surface area contributed by atoms with Crippen LogP contribution in [0.1, 0.15) is 36.2 Å².